The number of nitrogens with zero attached hydrogens (tertiary/aromatic N) is 2. The van der Waals surface area contributed by atoms with Crippen LogP contribution in [0, 0.1) is 11.3 Å². The lowest BCUT2D eigenvalue weighted by molar-refractivity contribution is 0.153. The van der Waals surface area contributed by atoms with E-state index in [4.69, 9.17) is 0 Å². The number of aliphatic hydroxyl groups excluding tert-OH is 1. The minimum atomic E-state index is 0.244. The highest BCUT2D eigenvalue weighted by Gasteiger charge is 2.23. The summed E-state index contributed by atoms with van der Waals surface area (Å²) in [5.74, 6) is 0. The molecule has 1 N–H and O–H groups in total. The molecule has 0 radical (unpaired) electrons. The Hall–Kier alpha value is -2.15. The number of benzene rings is 2. The van der Waals surface area contributed by atoms with E-state index in [1.165, 1.54) is 12.0 Å². The lowest BCUT2D eigenvalue weighted by atomic mass is 9.99. The van der Waals surface area contributed by atoms with E-state index < -0.39 is 0 Å². The number of aliphatic hydroxyl groups is 1. The van der Waals surface area contributed by atoms with Crippen molar-refractivity contribution in [2.24, 2.45) is 0 Å². The van der Waals surface area contributed by atoms with E-state index in [9.17, 15) is 10.4 Å². The average molecular weight is 292 g/mol. The quantitative estimate of drug-likeness (QED) is 0.941. The van der Waals surface area contributed by atoms with Gasteiger partial charge in [-0.25, -0.2) is 0 Å². The van der Waals surface area contributed by atoms with Crippen LogP contribution in [0.3, 0.4) is 0 Å². The van der Waals surface area contributed by atoms with Crippen molar-refractivity contribution in [2.45, 2.75) is 25.4 Å². The minimum Gasteiger partial charge on any atom is -0.395 e. The SMILES string of the molecule is N#Cc1ccccc1-c1ccc(CN2CCC[C@H]2CO)cc1. The number of likely N-dealkylation sites (tertiary alicyclic amines) is 1. The summed E-state index contributed by atoms with van der Waals surface area (Å²) in [5.41, 5.74) is 4.00. The third-order valence-corrected chi connectivity index (χ3v) is 4.41. The van der Waals surface area contributed by atoms with Gasteiger partial charge in [0.25, 0.3) is 0 Å². The first-order chi connectivity index (χ1) is 10.8. The minimum absolute atomic E-state index is 0.244. The number of hydrogen-bond acceptors (Lipinski definition) is 3. The summed E-state index contributed by atoms with van der Waals surface area (Å²) in [4.78, 5) is 2.35. The molecule has 0 amide bonds. The van der Waals surface area contributed by atoms with Gasteiger partial charge in [-0.15, -0.1) is 0 Å². The number of nitriles is 1. The van der Waals surface area contributed by atoms with Crippen LogP contribution in [0.1, 0.15) is 24.0 Å². The monoisotopic (exact) mass is 292 g/mol. The van der Waals surface area contributed by atoms with Crippen LogP contribution >= 0.6 is 0 Å². The van der Waals surface area contributed by atoms with Gasteiger partial charge in [0.15, 0.2) is 0 Å². The van der Waals surface area contributed by atoms with Crippen LogP contribution in [0.2, 0.25) is 0 Å². The van der Waals surface area contributed by atoms with Gasteiger partial charge in [0.2, 0.25) is 0 Å². The van der Waals surface area contributed by atoms with Gasteiger partial charge in [0.05, 0.1) is 18.2 Å². The average Bonchev–Trinajstić information content (AvgIpc) is 3.02. The summed E-state index contributed by atoms with van der Waals surface area (Å²) in [6.07, 6.45) is 2.25. The zero-order valence-corrected chi connectivity index (χ0v) is 12.6. The predicted molar refractivity (Wildman–Crippen MR) is 87.1 cm³/mol. The highest BCUT2D eigenvalue weighted by molar-refractivity contribution is 5.70. The van der Waals surface area contributed by atoms with Gasteiger partial charge in [-0.1, -0.05) is 42.5 Å². The molecular formula is C19H20N2O. The zero-order valence-electron chi connectivity index (χ0n) is 12.6. The third-order valence-electron chi connectivity index (χ3n) is 4.41. The van der Waals surface area contributed by atoms with Crippen molar-refractivity contribution in [2.75, 3.05) is 13.2 Å². The van der Waals surface area contributed by atoms with Crippen LogP contribution < -0.4 is 0 Å². The summed E-state index contributed by atoms with van der Waals surface area (Å²) in [6.45, 7) is 2.18. The smallest absolute Gasteiger partial charge is 0.0998 e. The second-order valence-electron chi connectivity index (χ2n) is 5.80. The standard InChI is InChI=1S/C19H20N2O/c20-12-17-4-1-2-6-19(17)16-9-7-15(8-10-16)13-21-11-3-5-18(21)14-22/h1-2,4,6-10,18,22H,3,5,11,13-14H2/t18-/m0/s1. The van der Waals surface area contributed by atoms with Crippen molar-refractivity contribution >= 4 is 0 Å². The van der Waals surface area contributed by atoms with Gasteiger partial charge < -0.3 is 5.11 Å². The second kappa shape index (κ2) is 6.74. The van der Waals surface area contributed by atoms with Gasteiger partial charge in [0, 0.05) is 12.6 Å². The Kier molecular flexibility index (Phi) is 4.53. The molecule has 1 aliphatic rings. The highest BCUT2D eigenvalue weighted by atomic mass is 16.3. The molecule has 0 spiro atoms. The fraction of sp³-hybridized carbons (Fsp3) is 0.316. The molecule has 22 heavy (non-hydrogen) atoms. The van der Waals surface area contributed by atoms with Crippen molar-refractivity contribution in [1.82, 2.24) is 4.90 Å². The maximum Gasteiger partial charge on any atom is 0.0998 e. The molecule has 0 aliphatic carbocycles. The first kappa shape index (κ1) is 14.8. The van der Waals surface area contributed by atoms with E-state index in [1.807, 2.05) is 24.3 Å². The molecule has 3 rings (SSSR count). The number of hydrogen-bond donors (Lipinski definition) is 1. The van der Waals surface area contributed by atoms with Crippen LogP contribution in [0.15, 0.2) is 48.5 Å². The molecule has 2 aromatic carbocycles. The van der Waals surface area contributed by atoms with Gasteiger partial charge >= 0.3 is 0 Å². The molecule has 1 fully saturated rings. The Morgan fingerprint density at radius 2 is 1.91 bits per heavy atom. The maximum absolute atomic E-state index is 9.39. The van der Waals surface area contributed by atoms with Crippen molar-refractivity contribution in [1.29, 1.82) is 5.26 Å². The molecule has 3 heteroatoms. The van der Waals surface area contributed by atoms with Gasteiger partial charge in [-0.2, -0.15) is 5.26 Å². The largest absolute Gasteiger partial charge is 0.395 e. The van der Waals surface area contributed by atoms with Crippen LogP contribution in [0.25, 0.3) is 11.1 Å². The molecule has 0 unspecified atom stereocenters. The fourth-order valence-electron chi connectivity index (χ4n) is 3.17. The van der Waals surface area contributed by atoms with Gasteiger partial charge in [-0.05, 0) is 42.1 Å². The van der Waals surface area contributed by atoms with Crippen LogP contribution in [0.5, 0.6) is 0 Å². The summed E-state index contributed by atoms with van der Waals surface area (Å²) in [5, 5.41) is 18.6. The van der Waals surface area contributed by atoms with Gasteiger partial charge in [0.1, 0.15) is 0 Å². The topological polar surface area (TPSA) is 47.3 Å². The first-order valence-corrected chi connectivity index (χ1v) is 7.75. The Morgan fingerprint density at radius 3 is 2.64 bits per heavy atom. The Morgan fingerprint density at radius 1 is 1.14 bits per heavy atom. The zero-order chi connectivity index (χ0) is 15.4. The lowest BCUT2D eigenvalue weighted by Crippen LogP contribution is -2.31. The maximum atomic E-state index is 9.39. The Labute approximate surface area is 131 Å². The number of rotatable bonds is 4. The van der Waals surface area contributed by atoms with E-state index in [0.717, 1.165) is 30.6 Å². The molecule has 1 heterocycles. The molecule has 0 saturated carbocycles. The predicted octanol–water partition coefficient (Wildman–Crippen LogP) is 3.18. The van der Waals surface area contributed by atoms with E-state index in [2.05, 4.69) is 35.2 Å². The normalized spacial score (nSPS) is 18.3. The Bertz CT molecular complexity index is 673. The van der Waals surface area contributed by atoms with Crippen molar-refractivity contribution in [3.63, 3.8) is 0 Å². The summed E-state index contributed by atoms with van der Waals surface area (Å²) in [6, 6.07) is 18.6. The molecular weight excluding hydrogens is 272 g/mol. The van der Waals surface area contributed by atoms with Crippen LogP contribution in [0.4, 0.5) is 0 Å². The van der Waals surface area contributed by atoms with Crippen molar-refractivity contribution in [3.8, 4) is 17.2 Å². The van der Waals surface area contributed by atoms with Crippen LogP contribution in [-0.4, -0.2) is 29.2 Å². The highest BCUT2D eigenvalue weighted by Crippen LogP contribution is 2.25. The molecule has 1 saturated heterocycles. The van der Waals surface area contributed by atoms with E-state index in [-0.39, 0.29) is 6.61 Å². The third kappa shape index (κ3) is 3.04. The lowest BCUT2D eigenvalue weighted by Gasteiger charge is -2.22. The van der Waals surface area contributed by atoms with Gasteiger partial charge in [-0.3, -0.25) is 4.90 Å². The fourth-order valence-corrected chi connectivity index (χ4v) is 3.17. The van der Waals surface area contributed by atoms with Crippen molar-refractivity contribution < 1.29 is 5.11 Å². The molecule has 2 aromatic rings. The van der Waals surface area contributed by atoms with E-state index in [1.54, 1.807) is 0 Å². The molecule has 3 nitrogen and oxygen atoms in total. The summed E-state index contributed by atoms with van der Waals surface area (Å²) >= 11 is 0. The molecule has 0 bridgehead atoms. The molecule has 1 aliphatic heterocycles. The first-order valence-electron chi connectivity index (χ1n) is 7.75. The molecule has 0 aromatic heterocycles. The summed E-state index contributed by atoms with van der Waals surface area (Å²) < 4.78 is 0. The molecule has 112 valence electrons. The van der Waals surface area contributed by atoms with Crippen molar-refractivity contribution in [3.05, 3.63) is 59.7 Å². The van der Waals surface area contributed by atoms with Crippen LogP contribution in [-0.2, 0) is 6.54 Å². The molecule has 1 atom stereocenters. The van der Waals surface area contributed by atoms with E-state index in [0.29, 0.717) is 11.6 Å². The Balaban J connectivity index is 1.77. The van der Waals surface area contributed by atoms with E-state index >= 15 is 0 Å². The second-order valence-corrected chi connectivity index (χ2v) is 5.80. The summed E-state index contributed by atoms with van der Waals surface area (Å²) in [7, 11) is 0.